The summed E-state index contributed by atoms with van der Waals surface area (Å²) in [5.74, 6) is 5.49. The molecule has 1 saturated carbocycles. The predicted molar refractivity (Wildman–Crippen MR) is 110 cm³/mol. The molecule has 0 radical (unpaired) electrons. The molecule has 1 aliphatic carbocycles. The van der Waals surface area contributed by atoms with Crippen LogP contribution in [0.2, 0.25) is 0 Å². The van der Waals surface area contributed by atoms with E-state index in [0.717, 1.165) is 24.1 Å². The molecule has 0 amide bonds. The Balaban J connectivity index is 1.74. The Morgan fingerprint density at radius 1 is 1.28 bits per heavy atom. The third kappa shape index (κ3) is 3.42. The number of hydrogen-bond donors (Lipinski definition) is 2. The van der Waals surface area contributed by atoms with Gasteiger partial charge in [0.25, 0.3) is 5.56 Å². The van der Waals surface area contributed by atoms with Crippen molar-refractivity contribution in [3.05, 3.63) is 38.5 Å². The summed E-state index contributed by atoms with van der Waals surface area (Å²) >= 11 is 0. The molecule has 3 atom stereocenters. The molecular weight excluding hydrogens is 377 g/mol. The third-order valence-corrected chi connectivity index (χ3v) is 6.03. The van der Waals surface area contributed by atoms with E-state index in [1.807, 2.05) is 24.8 Å². The van der Waals surface area contributed by atoms with Gasteiger partial charge in [-0.2, -0.15) is 4.68 Å². The maximum Gasteiger partial charge on any atom is 0.350 e. The highest BCUT2D eigenvalue weighted by Gasteiger charge is 2.36. The van der Waals surface area contributed by atoms with Crippen molar-refractivity contribution < 1.29 is 9.13 Å². The van der Waals surface area contributed by atoms with E-state index < -0.39 is 23.6 Å². The van der Waals surface area contributed by atoms with Gasteiger partial charge < -0.3 is 21.2 Å². The summed E-state index contributed by atoms with van der Waals surface area (Å²) in [7, 11) is 0. The third-order valence-electron chi connectivity index (χ3n) is 6.03. The highest BCUT2D eigenvalue weighted by Crippen LogP contribution is 2.38. The number of hydrogen-bond acceptors (Lipinski definition) is 6. The van der Waals surface area contributed by atoms with Crippen LogP contribution in [0, 0.1) is 12.8 Å². The number of ether oxygens (including phenoxy) is 1. The standard InChI is InChI=1S/C20H28FN5O3/c1-3-29-17(22)8-12-9-24(10-15(12)21)16-7-6-14-18(11(16)2)25(13-4-5-13)20(28)26(23)19(14)27/h6-7,12-13,15,17H,3-5,8-10,22-23H2,1-2H3/t12-,15+,17+/m1/s1. The number of nitrogen functional groups attached to an aromatic ring is 1. The average molecular weight is 405 g/mol. The minimum atomic E-state index is -1.01. The van der Waals surface area contributed by atoms with E-state index in [1.165, 1.54) is 0 Å². The lowest BCUT2D eigenvalue weighted by Gasteiger charge is -2.23. The van der Waals surface area contributed by atoms with Crippen LogP contribution in [-0.2, 0) is 4.74 Å². The normalized spacial score (nSPS) is 23.1. The lowest BCUT2D eigenvalue weighted by molar-refractivity contribution is 0.0437. The molecule has 4 rings (SSSR count). The lowest BCUT2D eigenvalue weighted by atomic mass is 10.0. The summed E-state index contributed by atoms with van der Waals surface area (Å²) in [4.78, 5) is 27.2. The van der Waals surface area contributed by atoms with Crippen LogP contribution in [0.3, 0.4) is 0 Å². The largest absolute Gasteiger partial charge is 0.368 e. The summed E-state index contributed by atoms with van der Waals surface area (Å²) < 4.78 is 22.4. The Morgan fingerprint density at radius 2 is 2.00 bits per heavy atom. The van der Waals surface area contributed by atoms with E-state index in [1.54, 1.807) is 10.6 Å². The first kappa shape index (κ1) is 19.9. The van der Waals surface area contributed by atoms with Crippen molar-refractivity contribution >= 4 is 16.6 Å². The Morgan fingerprint density at radius 3 is 2.66 bits per heavy atom. The van der Waals surface area contributed by atoms with Crippen molar-refractivity contribution in [3.8, 4) is 0 Å². The Kier molecular flexibility index (Phi) is 5.12. The number of aromatic nitrogens is 2. The second kappa shape index (κ2) is 7.46. The fourth-order valence-electron chi connectivity index (χ4n) is 4.45. The summed E-state index contributed by atoms with van der Waals surface area (Å²) in [6.45, 7) is 4.99. The molecule has 158 valence electrons. The van der Waals surface area contributed by atoms with Gasteiger partial charge in [-0.3, -0.25) is 9.36 Å². The van der Waals surface area contributed by atoms with Gasteiger partial charge in [-0.15, -0.1) is 0 Å². The Bertz CT molecular complexity index is 1050. The number of benzene rings is 1. The van der Waals surface area contributed by atoms with Crippen LogP contribution in [0.5, 0.6) is 0 Å². The van der Waals surface area contributed by atoms with Gasteiger partial charge in [0.2, 0.25) is 0 Å². The highest BCUT2D eigenvalue weighted by molar-refractivity contribution is 5.87. The monoisotopic (exact) mass is 405 g/mol. The first-order valence-electron chi connectivity index (χ1n) is 10.2. The molecular formula is C20H28FN5O3. The molecule has 1 aromatic carbocycles. The molecule has 0 unspecified atom stereocenters. The SMILES string of the molecule is CCO[C@H](N)C[C@@H]1CN(c2ccc3c(=O)n(N)c(=O)n(C4CC4)c3c2C)C[C@@H]1F. The highest BCUT2D eigenvalue weighted by atomic mass is 19.1. The molecule has 0 spiro atoms. The van der Waals surface area contributed by atoms with Gasteiger partial charge in [-0.05, 0) is 50.8 Å². The quantitative estimate of drug-likeness (QED) is 0.548. The van der Waals surface area contributed by atoms with Crippen molar-refractivity contribution in [2.75, 3.05) is 30.4 Å². The van der Waals surface area contributed by atoms with Gasteiger partial charge in [0, 0.05) is 37.3 Å². The van der Waals surface area contributed by atoms with E-state index in [-0.39, 0.29) is 18.5 Å². The van der Waals surface area contributed by atoms with Gasteiger partial charge in [0.15, 0.2) is 0 Å². The molecule has 8 nitrogen and oxygen atoms in total. The van der Waals surface area contributed by atoms with E-state index >= 15 is 0 Å². The zero-order valence-electron chi connectivity index (χ0n) is 16.8. The molecule has 9 heteroatoms. The summed E-state index contributed by atoms with van der Waals surface area (Å²) in [5, 5.41) is 0.408. The van der Waals surface area contributed by atoms with Crippen LogP contribution < -0.4 is 27.7 Å². The molecule has 2 aliphatic rings. The van der Waals surface area contributed by atoms with Crippen LogP contribution in [0.1, 0.15) is 37.8 Å². The first-order valence-corrected chi connectivity index (χ1v) is 10.2. The van der Waals surface area contributed by atoms with Gasteiger partial charge in [0.1, 0.15) is 12.4 Å². The number of aryl methyl sites for hydroxylation is 1. The first-order chi connectivity index (χ1) is 13.8. The number of alkyl halides is 1. The van der Waals surface area contributed by atoms with Gasteiger partial charge >= 0.3 is 5.69 Å². The average Bonchev–Trinajstić information content (AvgIpc) is 3.45. The summed E-state index contributed by atoms with van der Waals surface area (Å²) in [6.07, 6.45) is 0.709. The zero-order valence-corrected chi connectivity index (χ0v) is 16.8. The van der Waals surface area contributed by atoms with E-state index in [4.69, 9.17) is 16.3 Å². The topological polar surface area (TPSA) is 109 Å². The van der Waals surface area contributed by atoms with Crippen molar-refractivity contribution in [3.63, 3.8) is 0 Å². The zero-order chi connectivity index (χ0) is 20.9. The minimum absolute atomic E-state index is 0.0544. The van der Waals surface area contributed by atoms with Crippen molar-refractivity contribution in [1.29, 1.82) is 0 Å². The fraction of sp³-hybridized carbons (Fsp3) is 0.600. The van der Waals surface area contributed by atoms with E-state index in [9.17, 15) is 14.0 Å². The maximum absolute atomic E-state index is 14.7. The van der Waals surface area contributed by atoms with Crippen molar-refractivity contribution in [2.45, 2.75) is 51.6 Å². The molecule has 1 aliphatic heterocycles. The molecule has 2 fully saturated rings. The van der Waals surface area contributed by atoms with Crippen LogP contribution in [0.4, 0.5) is 10.1 Å². The maximum atomic E-state index is 14.7. The molecule has 2 aromatic rings. The Hall–Kier alpha value is -2.39. The second-order valence-corrected chi connectivity index (χ2v) is 8.08. The lowest BCUT2D eigenvalue weighted by Crippen LogP contribution is -2.44. The molecule has 1 aromatic heterocycles. The van der Waals surface area contributed by atoms with Crippen molar-refractivity contribution in [1.82, 2.24) is 9.24 Å². The van der Waals surface area contributed by atoms with Crippen molar-refractivity contribution in [2.24, 2.45) is 11.7 Å². The minimum Gasteiger partial charge on any atom is -0.368 e. The Labute approximate surface area is 167 Å². The van der Waals surface area contributed by atoms with Crippen LogP contribution in [-0.4, -0.2) is 41.3 Å². The predicted octanol–water partition coefficient (Wildman–Crippen LogP) is 1.01. The molecule has 1 saturated heterocycles. The molecule has 29 heavy (non-hydrogen) atoms. The number of fused-ring (bicyclic) bond motifs is 1. The number of nitrogens with two attached hydrogens (primary N) is 2. The number of halogens is 1. The van der Waals surface area contributed by atoms with Crippen LogP contribution in [0.15, 0.2) is 21.7 Å². The van der Waals surface area contributed by atoms with Gasteiger partial charge in [0.05, 0.1) is 10.9 Å². The number of nitrogens with zero attached hydrogens (tertiary/aromatic N) is 3. The molecule has 0 bridgehead atoms. The molecule has 2 heterocycles. The smallest absolute Gasteiger partial charge is 0.350 e. The van der Waals surface area contributed by atoms with Gasteiger partial charge in [-0.1, -0.05) is 0 Å². The van der Waals surface area contributed by atoms with E-state index in [2.05, 4.69) is 0 Å². The van der Waals surface area contributed by atoms with Crippen LogP contribution >= 0.6 is 0 Å². The summed E-state index contributed by atoms with van der Waals surface area (Å²) in [6, 6.07) is 3.56. The fourth-order valence-corrected chi connectivity index (χ4v) is 4.45. The van der Waals surface area contributed by atoms with Gasteiger partial charge in [-0.25, -0.2) is 9.18 Å². The second-order valence-electron chi connectivity index (χ2n) is 8.08. The van der Waals surface area contributed by atoms with E-state index in [0.29, 0.717) is 35.2 Å². The number of anilines is 1. The summed E-state index contributed by atoms with van der Waals surface area (Å²) in [5.41, 5.74) is 7.14. The number of rotatable bonds is 6. The molecule has 4 N–H and O–H groups in total. The van der Waals surface area contributed by atoms with Crippen LogP contribution in [0.25, 0.3) is 10.9 Å².